The van der Waals surface area contributed by atoms with Crippen molar-refractivity contribution >= 4 is 13.5 Å². The van der Waals surface area contributed by atoms with Crippen molar-refractivity contribution in [1.29, 1.82) is 0 Å². The van der Waals surface area contributed by atoms with Gasteiger partial charge in [0.05, 0.1) is 13.2 Å². The van der Waals surface area contributed by atoms with Crippen LogP contribution in [0.15, 0.2) is 17.8 Å². The molecule has 13 heteroatoms. The summed E-state index contributed by atoms with van der Waals surface area (Å²) in [6, 6.07) is 0. The Hall–Kier alpha value is -2.11. The molecule has 0 fully saturated rings. The minimum atomic E-state index is -3.58. The quantitative estimate of drug-likeness (QED) is 0.445. The number of aromatic nitrogens is 2. The number of carbonyl (C=O) groups excluding carboxylic acids is 1. The topological polar surface area (TPSA) is 176 Å². The molecule has 2 atom stereocenters. The average molecular weight is 393 g/mol. The molecule has 0 bridgehead atoms. The van der Waals surface area contributed by atoms with Crippen LogP contribution in [0.25, 0.3) is 0 Å². The Balaban J connectivity index is 2.13. The number of rotatable bonds is 9. The first-order valence-electron chi connectivity index (χ1n) is 7.56. The van der Waals surface area contributed by atoms with E-state index in [0.717, 1.165) is 10.9 Å². The molecule has 0 unspecified atom stereocenters. The number of aliphatic hydroxyl groups excluding tert-OH is 2. The van der Waals surface area contributed by atoms with E-state index in [-0.39, 0.29) is 13.2 Å². The summed E-state index contributed by atoms with van der Waals surface area (Å²) < 4.78 is 33.8. The molecule has 0 aliphatic carbocycles. The molecule has 0 spiro atoms. The highest BCUT2D eigenvalue weighted by Gasteiger charge is 2.40. The predicted octanol–water partition coefficient (Wildman–Crippen LogP) is 1.11. The third-order valence-corrected chi connectivity index (χ3v) is 5.03. The minimum absolute atomic E-state index is 0.112. The van der Waals surface area contributed by atoms with Crippen molar-refractivity contribution in [2.75, 3.05) is 19.6 Å². The lowest BCUT2D eigenvalue weighted by molar-refractivity contribution is -0.148. The van der Waals surface area contributed by atoms with Crippen LogP contribution in [0.3, 0.4) is 0 Å². The van der Waals surface area contributed by atoms with Crippen molar-refractivity contribution in [3.05, 3.63) is 23.5 Å². The number of aliphatic hydroxyl groups is 2. The molecule has 1 aromatic rings. The molecule has 1 aliphatic heterocycles. The Morgan fingerprint density at radius 1 is 1.31 bits per heavy atom. The number of primary amides is 1. The summed E-state index contributed by atoms with van der Waals surface area (Å²) in [5.74, 6) is -3.06. The lowest BCUT2D eigenvalue weighted by Gasteiger charge is -2.20. The minimum Gasteiger partial charge on any atom is -0.505 e. The second kappa shape index (κ2) is 8.06. The monoisotopic (exact) mass is 393 g/mol. The number of ether oxygens (including phenoxy) is 2. The van der Waals surface area contributed by atoms with Crippen molar-refractivity contribution in [3.63, 3.8) is 0 Å². The molecule has 1 aliphatic rings. The van der Waals surface area contributed by atoms with Gasteiger partial charge in [0.2, 0.25) is 18.4 Å². The van der Waals surface area contributed by atoms with Crippen LogP contribution in [0.2, 0.25) is 0 Å². The summed E-state index contributed by atoms with van der Waals surface area (Å²) in [5.41, 5.74) is 4.60. The van der Waals surface area contributed by atoms with Gasteiger partial charge in [-0.1, -0.05) is 0 Å². The van der Waals surface area contributed by atoms with Crippen molar-refractivity contribution in [2.45, 2.75) is 26.4 Å². The molecule has 2 heterocycles. The van der Waals surface area contributed by atoms with E-state index in [4.69, 9.17) is 24.3 Å². The summed E-state index contributed by atoms with van der Waals surface area (Å²) in [6.45, 7) is 3.46. The maximum absolute atomic E-state index is 12.4. The molecule has 26 heavy (non-hydrogen) atoms. The first kappa shape index (κ1) is 20.2. The number of aromatic hydroxyl groups is 1. The van der Waals surface area contributed by atoms with Crippen LogP contribution in [0, 0.1) is 0 Å². The number of hydrogen-bond acceptors (Lipinski definition) is 10. The van der Waals surface area contributed by atoms with E-state index >= 15 is 0 Å². The number of nitrogens with two attached hydrogens (primary N) is 1. The van der Waals surface area contributed by atoms with E-state index < -0.39 is 55.5 Å². The maximum atomic E-state index is 12.4. The fourth-order valence-electron chi connectivity index (χ4n) is 2.17. The predicted molar refractivity (Wildman–Crippen MR) is 85.4 cm³/mol. The zero-order valence-electron chi connectivity index (χ0n) is 14.1. The van der Waals surface area contributed by atoms with E-state index in [1.54, 1.807) is 13.8 Å². The Morgan fingerprint density at radius 2 is 1.92 bits per heavy atom. The van der Waals surface area contributed by atoms with Gasteiger partial charge in [0.15, 0.2) is 23.6 Å². The lowest BCUT2D eigenvalue weighted by atomic mass is 10.4. The third kappa shape index (κ3) is 4.00. The largest absolute Gasteiger partial charge is 0.505 e. The van der Waals surface area contributed by atoms with Crippen LogP contribution in [0.4, 0.5) is 0 Å². The molecule has 12 nitrogen and oxygen atoms in total. The van der Waals surface area contributed by atoms with Crippen molar-refractivity contribution in [3.8, 4) is 5.88 Å². The molecule has 1 amide bonds. The molecule has 1 aromatic heterocycles. The van der Waals surface area contributed by atoms with Crippen LogP contribution in [0.1, 0.15) is 30.6 Å². The molecule has 0 saturated heterocycles. The molecule has 5 N–H and O–H groups in total. The van der Waals surface area contributed by atoms with Gasteiger partial charge in [-0.05, 0) is 13.8 Å². The summed E-state index contributed by atoms with van der Waals surface area (Å²) >= 11 is 0. The zero-order valence-corrected chi connectivity index (χ0v) is 15.0. The highest BCUT2D eigenvalue weighted by molar-refractivity contribution is 7.53. The van der Waals surface area contributed by atoms with Gasteiger partial charge in [0.25, 0.3) is 5.91 Å². The van der Waals surface area contributed by atoms with Crippen LogP contribution >= 0.6 is 7.60 Å². The van der Waals surface area contributed by atoms with E-state index in [0.29, 0.717) is 0 Å². The van der Waals surface area contributed by atoms with Gasteiger partial charge < -0.3 is 39.6 Å². The molecule has 0 radical (unpaired) electrons. The number of hydrogen-bond donors (Lipinski definition) is 4. The summed E-state index contributed by atoms with van der Waals surface area (Å²) in [7, 11) is -3.58. The number of imidazole rings is 1. The van der Waals surface area contributed by atoms with Gasteiger partial charge in [-0.15, -0.1) is 0 Å². The van der Waals surface area contributed by atoms with Crippen molar-refractivity contribution < 1.29 is 43.2 Å². The van der Waals surface area contributed by atoms with E-state index in [2.05, 4.69) is 4.98 Å². The van der Waals surface area contributed by atoms with E-state index in [1.807, 2.05) is 0 Å². The summed E-state index contributed by atoms with van der Waals surface area (Å²) in [6.07, 6.45) is -2.50. The third-order valence-electron chi connectivity index (χ3n) is 3.26. The highest BCUT2D eigenvalue weighted by Crippen LogP contribution is 2.49. The molecule has 2 rings (SSSR count). The van der Waals surface area contributed by atoms with E-state index in [1.165, 1.54) is 0 Å². The van der Waals surface area contributed by atoms with Crippen LogP contribution < -0.4 is 5.73 Å². The molecule has 0 saturated carbocycles. The van der Waals surface area contributed by atoms with Gasteiger partial charge in [-0.3, -0.25) is 13.9 Å². The second-order valence-corrected chi connectivity index (χ2v) is 7.02. The molecular weight excluding hydrogens is 373 g/mol. The van der Waals surface area contributed by atoms with E-state index in [9.17, 15) is 24.7 Å². The second-order valence-electron chi connectivity index (χ2n) is 5.02. The average Bonchev–Trinajstić information content (AvgIpc) is 3.08. The van der Waals surface area contributed by atoms with Crippen LogP contribution in [-0.2, 0) is 23.1 Å². The normalized spacial score (nSPS) is 20.7. The maximum Gasteiger partial charge on any atom is 0.356 e. The van der Waals surface area contributed by atoms with Crippen LogP contribution in [0.5, 0.6) is 5.88 Å². The van der Waals surface area contributed by atoms with Crippen molar-refractivity contribution in [2.24, 2.45) is 5.73 Å². The standard InChI is InChI=1S/C13H20N3O9P/c1-3-23-26(21,24-4-2)6-22-13-9(18)8(17)12(25-13)16-5-15-7(10(14)19)11(16)20/h5,12-13,17-18,20H,3-4,6H2,1-2H3,(H2,14,19)/t12-,13+/m1/s1. The molecule has 0 aromatic carbocycles. The first-order chi connectivity index (χ1) is 12.2. The van der Waals surface area contributed by atoms with Gasteiger partial charge in [-0.2, -0.15) is 0 Å². The Labute approximate surface area is 148 Å². The van der Waals surface area contributed by atoms with Gasteiger partial charge in [-0.25, -0.2) is 4.98 Å². The van der Waals surface area contributed by atoms with Crippen LogP contribution in [-0.4, -0.2) is 56.6 Å². The SMILES string of the molecule is CCOP(=O)(CO[C@H]1O[C@@H](n2cnc(C(N)=O)c2O)C(O)=C1O)OCC. The Morgan fingerprint density at radius 3 is 2.42 bits per heavy atom. The zero-order chi connectivity index (χ0) is 19.5. The molecular formula is C13H20N3O9P. The fraction of sp³-hybridized carbons (Fsp3) is 0.538. The smallest absolute Gasteiger partial charge is 0.356 e. The molecule has 146 valence electrons. The van der Waals surface area contributed by atoms with Gasteiger partial charge in [0, 0.05) is 0 Å². The Bertz CT molecular complexity index is 737. The fourth-order valence-corrected chi connectivity index (χ4v) is 3.50. The first-order valence-corrected chi connectivity index (χ1v) is 9.29. The number of amides is 1. The summed E-state index contributed by atoms with van der Waals surface area (Å²) in [5, 5.41) is 29.9. The van der Waals surface area contributed by atoms with Gasteiger partial charge >= 0.3 is 7.60 Å². The van der Waals surface area contributed by atoms with Crippen molar-refractivity contribution in [1.82, 2.24) is 9.55 Å². The number of carbonyl (C=O) groups is 1. The summed E-state index contributed by atoms with van der Waals surface area (Å²) in [4.78, 5) is 14.7. The van der Waals surface area contributed by atoms with Gasteiger partial charge in [0.1, 0.15) is 6.33 Å². The highest BCUT2D eigenvalue weighted by atomic mass is 31.2. The lowest BCUT2D eigenvalue weighted by Crippen LogP contribution is -2.19. The number of nitrogens with zero attached hydrogens (tertiary/aromatic N) is 2. The Kier molecular flexibility index (Phi) is 6.26.